The summed E-state index contributed by atoms with van der Waals surface area (Å²) >= 11 is 6.33. The summed E-state index contributed by atoms with van der Waals surface area (Å²) < 4.78 is 7.93. The molecule has 5 rings (SSSR count). The van der Waals surface area contributed by atoms with Gasteiger partial charge in [-0.2, -0.15) is 10.1 Å². The monoisotopic (exact) mass is 485 g/mol. The average Bonchev–Trinajstić information content (AvgIpc) is 3.35. The second-order valence-corrected chi connectivity index (χ2v) is 8.59. The van der Waals surface area contributed by atoms with Crippen molar-refractivity contribution in [2.45, 2.75) is 26.1 Å². The highest BCUT2D eigenvalue weighted by Crippen LogP contribution is 2.39. The summed E-state index contributed by atoms with van der Waals surface area (Å²) in [6.07, 6.45) is 1.47. The molecule has 1 atom stereocenters. The van der Waals surface area contributed by atoms with E-state index in [2.05, 4.69) is 20.7 Å². The zero-order valence-corrected chi connectivity index (χ0v) is 19.9. The molecule has 1 unspecified atom stereocenters. The Morgan fingerprint density at radius 3 is 2.63 bits per heavy atom. The highest BCUT2D eigenvalue weighted by Gasteiger charge is 2.35. The van der Waals surface area contributed by atoms with Gasteiger partial charge in [0.1, 0.15) is 24.7 Å². The Morgan fingerprint density at radius 1 is 1.06 bits per heavy atom. The molecule has 7 nitrogen and oxygen atoms in total. The van der Waals surface area contributed by atoms with Gasteiger partial charge in [0.05, 0.1) is 5.57 Å². The lowest BCUT2D eigenvalue weighted by Gasteiger charge is -2.29. The smallest absolute Gasteiger partial charge is 0.251 e. The van der Waals surface area contributed by atoms with Crippen LogP contribution in [0.4, 0.5) is 5.95 Å². The van der Waals surface area contributed by atoms with Crippen molar-refractivity contribution >= 4 is 23.5 Å². The van der Waals surface area contributed by atoms with Gasteiger partial charge in [-0.25, -0.2) is 4.68 Å². The highest BCUT2D eigenvalue weighted by molar-refractivity contribution is 6.31. The van der Waals surface area contributed by atoms with Crippen LogP contribution in [0.1, 0.15) is 29.7 Å². The van der Waals surface area contributed by atoms with Gasteiger partial charge in [-0.15, -0.1) is 0 Å². The van der Waals surface area contributed by atoms with Crippen molar-refractivity contribution in [3.63, 3.8) is 0 Å². The summed E-state index contributed by atoms with van der Waals surface area (Å²) in [4.78, 5) is 17.8. The number of fused-ring (bicyclic) bond motifs is 1. The Kier molecular flexibility index (Phi) is 6.50. The summed E-state index contributed by atoms with van der Waals surface area (Å²) in [5.41, 5.74) is 3.96. The van der Waals surface area contributed by atoms with E-state index in [9.17, 15) is 4.79 Å². The molecule has 8 heteroatoms. The Hall–Kier alpha value is -4.10. The molecule has 176 valence electrons. The number of nitrogens with zero attached hydrogens (tertiary/aromatic N) is 3. The number of nitrogens with one attached hydrogen (secondary N) is 2. The van der Waals surface area contributed by atoms with Crippen LogP contribution in [0.25, 0.3) is 0 Å². The van der Waals surface area contributed by atoms with Gasteiger partial charge in [-0.3, -0.25) is 4.79 Å². The van der Waals surface area contributed by atoms with Crippen LogP contribution < -0.4 is 15.4 Å². The van der Waals surface area contributed by atoms with E-state index in [4.69, 9.17) is 16.3 Å². The van der Waals surface area contributed by atoms with E-state index in [0.717, 1.165) is 16.7 Å². The van der Waals surface area contributed by atoms with Crippen molar-refractivity contribution in [3.05, 3.63) is 118 Å². The van der Waals surface area contributed by atoms with Crippen LogP contribution >= 0.6 is 11.6 Å². The molecule has 3 aromatic carbocycles. The van der Waals surface area contributed by atoms with E-state index in [1.807, 2.05) is 85.8 Å². The lowest BCUT2D eigenvalue weighted by molar-refractivity contribution is -0.118. The standard InChI is InChI=1S/C27H24ClN5O2/c1-18-24(26(34)29-15-19-9-3-2-4-10-19)25(33-27(32-18)30-17-31-33)21-12-6-8-14-23(21)35-16-20-11-5-7-13-22(20)28/h2-14,17,25H,15-16H2,1H3,(H,29,34)(H,30,31,32). The molecular weight excluding hydrogens is 462 g/mol. The van der Waals surface area contributed by atoms with Crippen LogP contribution in [0.3, 0.4) is 0 Å². The SMILES string of the molecule is CC1=C(C(=O)NCc2ccccc2)C(c2ccccc2OCc2ccccc2Cl)n2ncnc2N1. The summed E-state index contributed by atoms with van der Waals surface area (Å²) in [5, 5.41) is 11.3. The van der Waals surface area contributed by atoms with Crippen LogP contribution in [0.2, 0.25) is 5.02 Å². The van der Waals surface area contributed by atoms with Crippen molar-refractivity contribution in [1.29, 1.82) is 0 Å². The molecule has 2 heterocycles. The van der Waals surface area contributed by atoms with Crippen molar-refractivity contribution in [2.24, 2.45) is 0 Å². The molecule has 1 aliphatic rings. The number of rotatable bonds is 7. The average molecular weight is 486 g/mol. The number of hydrogen-bond donors (Lipinski definition) is 2. The van der Waals surface area contributed by atoms with Crippen LogP contribution in [-0.4, -0.2) is 20.7 Å². The molecule has 0 spiro atoms. The second kappa shape index (κ2) is 10.0. The maximum atomic E-state index is 13.5. The van der Waals surface area contributed by atoms with E-state index in [-0.39, 0.29) is 5.91 Å². The lowest BCUT2D eigenvalue weighted by Crippen LogP contribution is -2.35. The Labute approximate surface area is 208 Å². The molecule has 0 fully saturated rings. The number of hydrogen-bond acceptors (Lipinski definition) is 5. The third-order valence-corrected chi connectivity index (χ3v) is 6.26. The second-order valence-electron chi connectivity index (χ2n) is 8.18. The molecule has 0 saturated heterocycles. The van der Waals surface area contributed by atoms with Crippen molar-refractivity contribution in [3.8, 4) is 5.75 Å². The summed E-state index contributed by atoms with van der Waals surface area (Å²) in [6, 6.07) is 24.5. The van der Waals surface area contributed by atoms with E-state index in [0.29, 0.717) is 41.1 Å². The predicted molar refractivity (Wildman–Crippen MR) is 135 cm³/mol. The van der Waals surface area contributed by atoms with Gasteiger partial charge in [-0.05, 0) is 24.6 Å². The predicted octanol–water partition coefficient (Wildman–Crippen LogP) is 5.12. The molecule has 1 amide bonds. The number of benzene rings is 3. The van der Waals surface area contributed by atoms with Gasteiger partial charge in [0.25, 0.3) is 5.91 Å². The molecule has 4 aromatic rings. The molecule has 2 N–H and O–H groups in total. The van der Waals surface area contributed by atoms with Gasteiger partial charge in [0.2, 0.25) is 5.95 Å². The highest BCUT2D eigenvalue weighted by atomic mass is 35.5. The number of anilines is 1. The normalized spacial score (nSPS) is 14.7. The third-order valence-electron chi connectivity index (χ3n) is 5.89. The quantitative estimate of drug-likeness (QED) is 0.380. The number of aromatic nitrogens is 3. The van der Waals surface area contributed by atoms with E-state index in [1.54, 1.807) is 4.68 Å². The first-order valence-electron chi connectivity index (χ1n) is 11.3. The molecule has 0 aliphatic carbocycles. The minimum atomic E-state index is -0.521. The molecule has 0 radical (unpaired) electrons. The van der Waals surface area contributed by atoms with Gasteiger partial charge in [0.15, 0.2) is 0 Å². The summed E-state index contributed by atoms with van der Waals surface area (Å²) in [6.45, 7) is 2.58. The van der Waals surface area contributed by atoms with Gasteiger partial charge >= 0.3 is 0 Å². The molecular formula is C27H24ClN5O2. The first-order chi connectivity index (χ1) is 17.1. The largest absolute Gasteiger partial charge is 0.488 e. The fourth-order valence-corrected chi connectivity index (χ4v) is 4.35. The fraction of sp³-hybridized carbons (Fsp3) is 0.148. The third kappa shape index (κ3) is 4.76. The maximum Gasteiger partial charge on any atom is 0.251 e. The van der Waals surface area contributed by atoms with Crippen molar-refractivity contribution in [2.75, 3.05) is 5.32 Å². The van der Waals surface area contributed by atoms with Crippen LogP contribution in [0, 0.1) is 0 Å². The van der Waals surface area contributed by atoms with E-state index in [1.165, 1.54) is 6.33 Å². The number of carbonyl (C=O) groups excluding carboxylic acids is 1. The van der Waals surface area contributed by atoms with Gasteiger partial charge in [0, 0.05) is 28.4 Å². The van der Waals surface area contributed by atoms with Crippen molar-refractivity contribution in [1.82, 2.24) is 20.1 Å². The van der Waals surface area contributed by atoms with Crippen LogP contribution in [0.5, 0.6) is 5.75 Å². The summed E-state index contributed by atoms with van der Waals surface area (Å²) in [5.74, 6) is 1.01. The van der Waals surface area contributed by atoms with Gasteiger partial charge < -0.3 is 15.4 Å². The number of ether oxygens (including phenoxy) is 1. The molecule has 0 bridgehead atoms. The minimum absolute atomic E-state index is 0.189. The lowest BCUT2D eigenvalue weighted by atomic mass is 9.94. The van der Waals surface area contributed by atoms with Crippen molar-refractivity contribution < 1.29 is 9.53 Å². The topological polar surface area (TPSA) is 81.1 Å². The maximum absolute atomic E-state index is 13.5. The Bertz CT molecular complexity index is 1380. The first kappa shape index (κ1) is 22.7. The van der Waals surface area contributed by atoms with E-state index >= 15 is 0 Å². The molecule has 35 heavy (non-hydrogen) atoms. The van der Waals surface area contributed by atoms with E-state index < -0.39 is 6.04 Å². The number of amides is 1. The zero-order valence-electron chi connectivity index (χ0n) is 19.1. The van der Waals surface area contributed by atoms with Gasteiger partial charge in [-0.1, -0.05) is 78.3 Å². The number of allylic oxidation sites excluding steroid dienone is 1. The number of para-hydroxylation sites is 1. The molecule has 1 aliphatic heterocycles. The number of carbonyl (C=O) groups is 1. The first-order valence-corrected chi connectivity index (χ1v) is 11.6. The Morgan fingerprint density at radius 2 is 1.80 bits per heavy atom. The minimum Gasteiger partial charge on any atom is -0.488 e. The summed E-state index contributed by atoms with van der Waals surface area (Å²) in [7, 11) is 0. The molecule has 0 saturated carbocycles. The molecule has 1 aromatic heterocycles. The van der Waals surface area contributed by atoms with Crippen LogP contribution in [-0.2, 0) is 17.9 Å². The number of halogens is 1. The zero-order chi connectivity index (χ0) is 24.2. The fourth-order valence-electron chi connectivity index (χ4n) is 4.15. The van der Waals surface area contributed by atoms with Crippen LogP contribution in [0.15, 0.2) is 96.5 Å². The Balaban J connectivity index is 1.48.